The van der Waals surface area contributed by atoms with Crippen LogP contribution in [0.15, 0.2) is 53.4 Å². The number of carbonyl (C=O) groups is 1. The fourth-order valence-electron chi connectivity index (χ4n) is 3.28. The number of sulfonamides is 1. The monoisotopic (exact) mass is 402 g/mol. The molecule has 2 aromatic carbocycles. The highest BCUT2D eigenvalue weighted by molar-refractivity contribution is 7.89. The highest BCUT2D eigenvalue weighted by Gasteiger charge is 2.33. The van der Waals surface area contributed by atoms with Crippen LogP contribution in [0.5, 0.6) is 5.75 Å². The van der Waals surface area contributed by atoms with Crippen LogP contribution in [0, 0.1) is 12.8 Å². The average Bonchev–Trinajstić information content (AvgIpc) is 2.70. The molecule has 0 saturated carbocycles. The summed E-state index contributed by atoms with van der Waals surface area (Å²) in [5.41, 5.74) is 1.84. The van der Waals surface area contributed by atoms with Gasteiger partial charge in [0.2, 0.25) is 15.9 Å². The van der Waals surface area contributed by atoms with Gasteiger partial charge in [0, 0.05) is 18.8 Å². The highest BCUT2D eigenvalue weighted by atomic mass is 32.2. The Bertz CT molecular complexity index is 908. The third-order valence-electron chi connectivity index (χ3n) is 4.85. The third-order valence-corrected chi connectivity index (χ3v) is 6.73. The van der Waals surface area contributed by atoms with Crippen molar-refractivity contribution in [2.24, 2.45) is 5.92 Å². The fraction of sp³-hybridized carbons (Fsp3) is 0.381. The zero-order valence-electron chi connectivity index (χ0n) is 16.2. The molecular formula is C21H26N2O4S. The van der Waals surface area contributed by atoms with Crippen LogP contribution in [0.1, 0.15) is 25.3 Å². The van der Waals surface area contributed by atoms with Crippen molar-refractivity contribution in [1.29, 1.82) is 0 Å². The standard InChI is InChI=1S/C21H26N2O4S/c1-3-27-19-10-12-20(13-11-19)28(25,26)23-14-4-5-17(15-23)21(24)22-18-8-6-16(2)7-9-18/h6-13,17H,3-5,14-15H2,1-2H3,(H,22,24). The summed E-state index contributed by atoms with van der Waals surface area (Å²) >= 11 is 0. The fourth-order valence-corrected chi connectivity index (χ4v) is 4.80. The Kier molecular flexibility index (Phi) is 6.36. The maximum absolute atomic E-state index is 13.0. The Morgan fingerprint density at radius 3 is 2.46 bits per heavy atom. The van der Waals surface area contributed by atoms with Crippen LogP contribution >= 0.6 is 0 Å². The Morgan fingerprint density at radius 2 is 1.82 bits per heavy atom. The van der Waals surface area contributed by atoms with Crippen LogP contribution < -0.4 is 10.1 Å². The number of benzene rings is 2. The molecule has 1 amide bonds. The van der Waals surface area contributed by atoms with Crippen LogP contribution in [0.25, 0.3) is 0 Å². The van der Waals surface area contributed by atoms with E-state index < -0.39 is 10.0 Å². The van der Waals surface area contributed by atoms with Gasteiger partial charge in [-0.05, 0) is 63.1 Å². The lowest BCUT2D eigenvalue weighted by atomic mass is 9.98. The lowest BCUT2D eigenvalue weighted by Gasteiger charge is -2.31. The van der Waals surface area contributed by atoms with E-state index in [-0.39, 0.29) is 23.3 Å². The Hall–Kier alpha value is -2.38. The molecule has 1 heterocycles. The second kappa shape index (κ2) is 8.75. The molecule has 7 heteroatoms. The summed E-state index contributed by atoms with van der Waals surface area (Å²) in [5, 5.41) is 2.90. The highest BCUT2D eigenvalue weighted by Crippen LogP contribution is 2.26. The molecule has 2 aromatic rings. The summed E-state index contributed by atoms with van der Waals surface area (Å²) < 4.78 is 32.7. The molecule has 1 N–H and O–H groups in total. The molecule has 150 valence electrons. The van der Waals surface area contributed by atoms with Crippen LogP contribution in [-0.2, 0) is 14.8 Å². The zero-order valence-corrected chi connectivity index (χ0v) is 17.0. The lowest BCUT2D eigenvalue weighted by molar-refractivity contribution is -0.120. The minimum Gasteiger partial charge on any atom is -0.494 e. The van der Waals surface area contributed by atoms with E-state index in [4.69, 9.17) is 4.74 Å². The molecule has 1 aliphatic rings. The number of carbonyl (C=O) groups excluding carboxylic acids is 1. The SMILES string of the molecule is CCOc1ccc(S(=O)(=O)N2CCCC(C(=O)Nc3ccc(C)cc3)C2)cc1. The maximum Gasteiger partial charge on any atom is 0.243 e. The minimum atomic E-state index is -3.64. The number of amides is 1. The molecule has 1 aliphatic heterocycles. The largest absolute Gasteiger partial charge is 0.494 e. The summed E-state index contributed by atoms with van der Waals surface area (Å²) in [7, 11) is -3.64. The molecular weight excluding hydrogens is 376 g/mol. The summed E-state index contributed by atoms with van der Waals surface area (Å²) in [6, 6.07) is 14.0. The maximum atomic E-state index is 13.0. The van der Waals surface area contributed by atoms with Crippen molar-refractivity contribution in [3.63, 3.8) is 0 Å². The molecule has 1 saturated heterocycles. The molecule has 1 atom stereocenters. The van der Waals surface area contributed by atoms with E-state index in [0.29, 0.717) is 31.7 Å². The smallest absolute Gasteiger partial charge is 0.243 e. The van der Waals surface area contributed by atoms with Crippen LogP contribution in [0.3, 0.4) is 0 Å². The first-order chi connectivity index (χ1) is 13.4. The van der Waals surface area contributed by atoms with Gasteiger partial charge in [-0.1, -0.05) is 17.7 Å². The summed E-state index contributed by atoms with van der Waals surface area (Å²) in [6.45, 7) is 4.99. The first-order valence-corrected chi connectivity index (χ1v) is 10.9. The van der Waals surface area contributed by atoms with E-state index in [1.807, 2.05) is 38.1 Å². The van der Waals surface area contributed by atoms with Gasteiger partial charge in [0.05, 0.1) is 17.4 Å². The Balaban J connectivity index is 1.69. The van der Waals surface area contributed by atoms with E-state index in [1.54, 1.807) is 24.3 Å². The number of rotatable bonds is 6. The predicted octanol–water partition coefficient (Wildman–Crippen LogP) is 3.43. The summed E-state index contributed by atoms with van der Waals surface area (Å²) in [6.07, 6.45) is 1.33. The number of piperidine rings is 1. The normalized spacial score (nSPS) is 17.9. The van der Waals surface area contributed by atoms with Crippen LogP contribution in [0.2, 0.25) is 0 Å². The van der Waals surface area contributed by atoms with Gasteiger partial charge >= 0.3 is 0 Å². The second-order valence-corrected chi connectivity index (χ2v) is 8.90. The number of hydrogen-bond donors (Lipinski definition) is 1. The van der Waals surface area contributed by atoms with Crippen molar-refractivity contribution in [1.82, 2.24) is 4.31 Å². The second-order valence-electron chi connectivity index (χ2n) is 6.96. The number of anilines is 1. The van der Waals surface area contributed by atoms with E-state index in [9.17, 15) is 13.2 Å². The molecule has 6 nitrogen and oxygen atoms in total. The molecule has 0 bridgehead atoms. The van der Waals surface area contributed by atoms with Crippen molar-refractivity contribution in [2.45, 2.75) is 31.6 Å². The van der Waals surface area contributed by atoms with Gasteiger partial charge in [-0.3, -0.25) is 4.79 Å². The third kappa shape index (κ3) is 4.72. The summed E-state index contributed by atoms with van der Waals surface area (Å²) in [4.78, 5) is 12.8. The van der Waals surface area contributed by atoms with Gasteiger partial charge in [0.15, 0.2) is 0 Å². The van der Waals surface area contributed by atoms with Crippen molar-refractivity contribution >= 4 is 21.6 Å². The van der Waals surface area contributed by atoms with Crippen LogP contribution in [0.4, 0.5) is 5.69 Å². The Morgan fingerprint density at radius 1 is 1.14 bits per heavy atom. The summed E-state index contributed by atoms with van der Waals surface area (Å²) in [5.74, 6) is 0.124. The number of hydrogen-bond acceptors (Lipinski definition) is 4. The first kappa shape index (κ1) is 20.4. The lowest BCUT2D eigenvalue weighted by Crippen LogP contribution is -2.43. The Labute approximate surface area is 166 Å². The number of nitrogens with one attached hydrogen (secondary N) is 1. The van der Waals surface area contributed by atoms with E-state index in [0.717, 1.165) is 11.3 Å². The van der Waals surface area contributed by atoms with E-state index in [2.05, 4.69) is 5.32 Å². The van der Waals surface area contributed by atoms with Crippen LogP contribution in [-0.4, -0.2) is 38.3 Å². The van der Waals surface area contributed by atoms with Crippen molar-refractivity contribution in [3.05, 3.63) is 54.1 Å². The quantitative estimate of drug-likeness (QED) is 0.803. The number of nitrogens with zero attached hydrogens (tertiary/aromatic N) is 1. The van der Waals surface area contributed by atoms with E-state index >= 15 is 0 Å². The van der Waals surface area contributed by atoms with Gasteiger partial charge in [-0.15, -0.1) is 0 Å². The van der Waals surface area contributed by atoms with Crippen molar-refractivity contribution < 1.29 is 17.9 Å². The first-order valence-electron chi connectivity index (χ1n) is 9.50. The van der Waals surface area contributed by atoms with Gasteiger partial charge in [-0.2, -0.15) is 4.31 Å². The predicted molar refractivity (Wildman–Crippen MR) is 109 cm³/mol. The van der Waals surface area contributed by atoms with Gasteiger partial charge in [0.1, 0.15) is 5.75 Å². The van der Waals surface area contributed by atoms with Gasteiger partial charge in [0.25, 0.3) is 0 Å². The van der Waals surface area contributed by atoms with Gasteiger partial charge < -0.3 is 10.1 Å². The van der Waals surface area contributed by atoms with Crippen molar-refractivity contribution in [2.75, 3.05) is 25.0 Å². The molecule has 1 fully saturated rings. The minimum absolute atomic E-state index is 0.143. The van der Waals surface area contributed by atoms with Crippen molar-refractivity contribution in [3.8, 4) is 5.75 Å². The molecule has 0 aliphatic carbocycles. The average molecular weight is 403 g/mol. The molecule has 1 unspecified atom stereocenters. The topological polar surface area (TPSA) is 75.7 Å². The molecule has 28 heavy (non-hydrogen) atoms. The molecule has 0 aromatic heterocycles. The number of aryl methyl sites for hydroxylation is 1. The number of ether oxygens (including phenoxy) is 1. The molecule has 0 spiro atoms. The molecule has 3 rings (SSSR count). The zero-order chi connectivity index (χ0) is 20.1. The van der Waals surface area contributed by atoms with E-state index in [1.165, 1.54) is 4.31 Å². The molecule has 0 radical (unpaired) electrons. The van der Waals surface area contributed by atoms with Gasteiger partial charge in [-0.25, -0.2) is 8.42 Å².